The Hall–Kier alpha value is -2.02. The summed E-state index contributed by atoms with van der Waals surface area (Å²) in [6.07, 6.45) is 2.69. The molecule has 1 N–H and O–H groups in total. The maximum Gasteiger partial charge on any atom is 0.356 e. The predicted molar refractivity (Wildman–Crippen MR) is 64.6 cm³/mol. The normalized spacial score (nSPS) is 10.3. The standard InChI is InChI=1S/C11H10N4O2S/c1-6-3-7(2)14-11(13-6)18-9-5-12-4-8(15-9)10(16)17/h3-5H,1-2H3,(H,16,17). The molecular weight excluding hydrogens is 252 g/mol. The number of carboxylic acids is 1. The topological polar surface area (TPSA) is 88.9 Å². The fourth-order valence-corrected chi connectivity index (χ4v) is 2.16. The lowest BCUT2D eigenvalue weighted by Gasteiger charge is -2.02. The van der Waals surface area contributed by atoms with E-state index in [0.717, 1.165) is 11.4 Å². The molecule has 0 amide bonds. The van der Waals surface area contributed by atoms with Gasteiger partial charge in [0.05, 0.1) is 12.4 Å². The molecule has 7 heteroatoms. The Morgan fingerprint density at radius 2 is 1.83 bits per heavy atom. The molecule has 0 saturated carbocycles. The number of aromatic carboxylic acids is 1. The largest absolute Gasteiger partial charge is 0.476 e. The summed E-state index contributed by atoms with van der Waals surface area (Å²) in [7, 11) is 0. The first-order valence-electron chi connectivity index (χ1n) is 5.10. The molecule has 2 aromatic heterocycles. The van der Waals surface area contributed by atoms with Crippen LogP contribution in [-0.2, 0) is 0 Å². The minimum atomic E-state index is -1.11. The highest BCUT2D eigenvalue weighted by Gasteiger charge is 2.09. The van der Waals surface area contributed by atoms with E-state index >= 15 is 0 Å². The Morgan fingerprint density at radius 3 is 2.44 bits per heavy atom. The van der Waals surface area contributed by atoms with Gasteiger partial charge in [-0.25, -0.2) is 19.7 Å². The zero-order valence-corrected chi connectivity index (χ0v) is 10.6. The fraction of sp³-hybridized carbons (Fsp3) is 0.182. The molecule has 92 valence electrons. The maximum absolute atomic E-state index is 10.8. The summed E-state index contributed by atoms with van der Waals surface area (Å²) < 4.78 is 0. The Balaban J connectivity index is 2.28. The first-order valence-corrected chi connectivity index (χ1v) is 5.92. The molecule has 0 aliphatic carbocycles. The van der Waals surface area contributed by atoms with E-state index in [1.165, 1.54) is 24.2 Å². The molecule has 0 saturated heterocycles. The van der Waals surface area contributed by atoms with Crippen LogP contribution >= 0.6 is 11.8 Å². The molecule has 2 aromatic rings. The van der Waals surface area contributed by atoms with Gasteiger partial charge in [0.15, 0.2) is 10.9 Å². The van der Waals surface area contributed by atoms with E-state index in [1.54, 1.807) is 0 Å². The van der Waals surface area contributed by atoms with Crippen LogP contribution in [0.4, 0.5) is 0 Å². The summed E-state index contributed by atoms with van der Waals surface area (Å²) in [6.45, 7) is 3.75. The highest BCUT2D eigenvalue weighted by molar-refractivity contribution is 7.99. The molecule has 2 rings (SSSR count). The zero-order chi connectivity index (χ0) is 13.1. The van der Waals surface area contributed by atoms with Crippen molar-refractivity contribution in [2.24, 2.45) is 0 Å². The van der Waals surface area contributed by atoms with Crippen LogP contribution in [0.25, 0.3) is 0 Å². The zero-order valence-electron chi connectivity index (χ0n) is 9.78. The van der Waals surface area contributed by atoms with Gasteiger partial charge in [0.2, 0.25) is 0 Å². The smallest absolute Gasteiger partial charge is 0.356 e. The molecule has 0 fully saturated rings. The Bertz CT molecular complexity index is 583. The number of aryl methyl sites for hydroxylation is 2. The van der Waals surface area contributed by atoms with Crippen LogP contribution in [0.3, 0.4) is 0 Å². The van der Waals surface area contributed by atoms with Gasteiger partial charge in [-0.2, -0.15) is 0 Å². The SMILES string of the molecule is Cc1cc(C)nc(Sc2cncc(C(=O)O)n2)n1. The minimum absolute atomic E-state index is 0.0932. The summed E-state index contributed by atoms with van der Waals surface area (Å²) in [4.78, 5) is 27.0. The van der Waals surface area contributed by atoms with Crippen molar-refractivity contribution in [2.45, 2.75) is 24.0 Å². The molecule has 0 aliphatic rings. The first-order chi connectivity index (χ1) is 8.54. The summed E-state index contributed by atoms with van der Waals surface area (Å²) >= 11 is 1.19. The van der Waals surface area contributed by atoms with E-state index in [1.807, 2.05) is 19.9 Å². The molecule has 2 heterocycles. The van der Waals surface area contributed by atoms with Gasteiger partial charge in [-0.1, -0.05) is 0 Å². The van der Waals surface area contributed by atoms with E-state index in [9.17, 15) is 4.79 Å². The highest BCUT2D eigenvalue weighted by atomic mass is 32.2. The molecule has 0 aliphatic heterocycles. The van der Waals surface area contributed by atoms with Crippen molar-refractivity contribution in [3.05, 3.63) is 35.5 Å². The number of nitrogens with zero attached hydrogens (tertiary/aromatic N) is 4. The molecule has 0 atom stereocenters. The highest BCUT2D eigenvalue weighted by Crippen LogP contribution is 2.22. The third-order valence-corrected chi connectivity index (χ3v) is 2.76. The number of carbonyl (C=O) groups is 1. The molecule has 0 aromatic carbocycles. The lowest BCUT2D eigenvalue weighted by molar-refractivity contribution is 0.0689. The van der Waals surface area contributed by atoms with Crippen LogP contribution in [0, 0.1) is 13.8 Å². The predicted octanol–water partition coefficient (Wildman–Crippen LogP) is 1.73. The average molecular weight is 262 g/mol. The van der Waals surface area contributed by atoms with Gasteiger partial charge in [-0.05, 0) is 31.7 Å². The van der Waals surface area contributed by atoms with Gasteiger partial charge in [0.25, 0.3) is 0 Å². The van der Waals surface area contributed by atoms with Gasteiger partial charge in [-0.3, -0.25) is 4.98 Å². The number of carboxylic acid groups (broad SMARTS) is 1. The van der Waals surface area contributed by atoms with E-state index in [2.05, 4.69) is 19.9 Å². The summed E-state index contributed by atoms with van der Waals surface area (Å²) in [6, 6.07) is 1.86. The van der Waals surface area contributed by atoms with Crippen LogP contribution in [0.1, 0.15) is 21.9 Å². The van der Waals surface area contributed by atoms with Gasteiger partial charge in [-0.15, -0.1) is 0 Å². The minimum Gasteiger partial charge on any atom is -0.476 e. The molecule has 0 unspecified atom stereocenters. The summed E-state index contributed by atoms with van der Waals surface area (Å²) in [5.74, 6) is -1.11. The van der Waals surface area contributed by atoms with Crippen molar-refractivity contribution in [1.29, 1.82) is 0 Å². The molecule has 0 radical (unpaired) electrons. The molecule has 0 bridgehead atoms. The lowest BCUT2D eigenvalue weighted by Crippen LogP contribution is -2.02. The maximum atomic E-state index is 10.8. The number of rotatable bonds is 3. The third-order valence-electron chi connectivity index (χ3n) is 1.99. The van der Waals surface area contributed by atoms with Gasteiger partial charge >= 0.3 is 5.97 Å². The van der Waals surface area contributed by atoms with Gasteiger partial charge < -0.3 is 5.11 Å². The molecule has 18 heavy (non-hydrogen) atoms. The Labute approximate surface area is 108 Å². The van der Waals surface area contributed by atoms with Gasteiger partial charge in [0, 0.05) is 11.4 Å². The third kappa shape index (κ3) is 3.01. The van der Waals surface area contributed by atoms with Crippen LogP contribution < -0.4 is 0 Å². The van der Waals surface area contributed by atoms with Crippen molar-refractivity contribution >= 4 is 17.7 Å². The van der Waals surface area contributed by atoms with Crippen LogP contribution in [-0.4, -0.2) is 31.0 Å². The second-order valence-electron chi connectivity index (χ2n) is 3.58. The quantitative estimate of drug-likeness (QED) is 0.842. The van der Waals surface area contributed by atoms with E-state index in [0.29, 0.717) is 10.2 Å². The van der Waals surface area contributed by atoms with Crippen molar-refractivity contribution in [2.75, 3.05) is 0 Å². The second-order valence-corrected chi connectivity index (χ2v) is 4.57. The van der Waals surface area contributed by atoms with Crippen molar-refractivity contribution in [3.63, 3.8) is 0 Å². The van der Waals surface area contributed by atoms with Crippen molar-refractivity contribution < 1.29 is 9.90 Å². The van der Waals surface area contributed by atoms with E-state index < -0.39 is 5.97 Å². The van der Waals surface area contributed by atoms with Crippen LogP contribution in [0.15, 0.2) is 28.6 Å². The second kappa shape index (κ2) is 5.09. The first kappa shape index (κ1) is 12.4. The van der Waals surface area contributed by atoms with E-state index in [-0.39, 0.29) is 5.69 Å². The number of hydrogen-bond donors (Lipinski definition) is 1. The van der Waals surface area contributed by atoms with Crippen molar-refractivity contribution in [3.8, 4) is 0 Å². The average Bonchev–Trinajstić information content (AvgIpc) is 2.27. The fourth-order valence-electron chi connectivity index (χ4n) is 1.33. The monoisotopic (exact) mass is 262 g/mol. The van der Waals surface area contributed by atoms with E-state index in [4.69, 9.17) is 5.11 Å². The Kier molecular flexibility index (Phi) is 3.52. The van der Waals surface area contributed by atoms with Gasteiger partial charge in [0.1, 0.15) is 5.03 Å². The van der Waals surface area contributed by atoms with Crippen LogP contribution in [0.5, 0.6) is 0 Å². The van der Waals surface area contributed by atoms with Crippen LogP contribution in [0.2, 0.25) is 0 Å². The summed E-state index contributed by atoms with van der Waals surface area (Å²) in [5.41, 5.74) is 1.61. The van der Waals surface area contributed by atoms with Crippen molar-refractivity contribution in [1.82, 2.24) is 19.9 Å². The Morgan fingerprint density at radius 1 is 1.17 bits per heavy atom. The molecule has 0 spiro atoms. The molecular formula is C11H10N4O2S. The molecule has 6 nitrogen and oxygen atoms in total. The number of aromatic nitrogens is 4. The lowest BCUT2D eigenvalue weighted by atomic mass is 10.4. The number of hydrogen-bond acceptors (Lipinski definition) is 6. The summed E-state index contributed by atoms with van der Waals surface area (Å²) in [5, 5.41) is 9.81.